The standard InChI is InChI=1S/C17H15FN2OS/c1-10-19-16(21-12-6-4-5-11(18)9-12)15-13-7-2-3-8-14(13)22-17(15)20-10/h4-6,9H,2-3,7-8H2,1H3. The van der Waals surface area contributed by atoms with E-state index in [-0.39, 0.29) is 5.82 Å². The first-order chi connectivity index (χ1) is 10.7. The largest absolute Gasteiger partial charge is 0.438 e. The molecular weight excluding hydrogens is 299 g/mol. The molecule has 3 nitrogen and oxygen atoms in total. The minimum absolute atomic E-state index is 0.313. The number of halogens is 1. The second kappa shape index (κ2) is 5.32. The van der Waals surface area contributed by atoms with E-state index in [0.717, 1.165) is 23.1 Å². The summed E-state index contributed by atoms with van der Waals surface area (Å²) in [6.45, 7) is 1.86. The van der Waals surface area contributed by atoms with Crippen molar-refractivity contribution >= 4 is 21.6 Å². The maximum atomic E-state index is 13.4. The fourth-order valence-electron chi connectivity index (χ4n) is 2.94. The van der Waals surface area contributed by atoms with E-state index in [0.29, 0.717) is 17.5 Å². The molecule has 3 aromatic rings. The van der Waals surface area contributed by atoms with Gasteiger partial charge >= 0.3 is 0 Å². The predicted molar refractivity (Wildman–Crippen MR) is 85.3 cm³/mol. The molecular formula is C17H15FN2OS. The van der Waals surface area contributed by atoms with Crippen LogP contribution in [0.15, 0.2) is 24.3 Å². The average molecular weight is 314 g/mol. The second-order valence-corrected chi connectivity index (χ2v) is 6.61. The molecule has 0 N–H and O–H groups in total. The number of fused-ring (bicyclic) bond motifs is 3. The van der Waals surface area contributed by atoms with Crippen molar-refractivity contribution in [3.05, 3.63) is 46.3 Å². The van der Waals surface area contributed by atoms with E-state index in [9.17, 15) is 4.39 Å². The molecule has 0 fully saturated rings. The van der Waals surface area contributed by atoms with E-state index in [2.05, 4.69) is 9.97 Å². The van der Waals surface area contributed by atoms with Crippen LogP contribution in [-0.4, -0.2) is 9.97 Å². The van der Waals surface area contributed by atoms with Crippen molar-refractivity contribution in [2.24, 2.45) is 0 Å². The summed E-state index contributed by atoms with van der Waals surface area (Å²) < 4.78 is 19.3. The maximum Gasteiger partial charge on any atom is 0.231 e. The van der Waals surface area contributed by atoms with Crippen LogP contribution in [0.25, 0.3) is 10.2 Å². The number of thiophene rings is 1. The zero-order valence-electron chi connectivity index (χ0n) is 12.2. The molecule has 0 amide bonds. The zero-order chi connectivity index (χ0) is 15.1. The second-order valence-electron chi connectivity index (χ2n) is 5.53. The predicted octanol–water partition coefficient (Wildman–Crippen LogP) is 4.81. The van der Waals surface area contributed by atoms with E-state index in [4.69, 9.17) is 4.74 Å². The van der Waals surface area contributed by atoms with Gasteiger partial charge in [0.15, 0.2) is 0 Å². The van der Waals surface area contributed by atoms with Crippen molar-refractivity contribution < 1.29 is 9.13 Å². The Morgan fingerprint density at radius 3 is 2.91 bits per heavy atom. The van der Waals surface area contributed by atoms with Crippen LogP contribution in [0.5, 0.6) is 11.6 Å². The summed E-state index contributed by atoms with van der Waals surface area (Å²) in [5, 5.41) is 1.01. The Morgan fingerprint density at radius 1 is 1.18 bits per heavy atom. The van der Waals surface area contributed by atoms with Gasteiger partial charge in [-0.25, -0.2) is 9.37 Å². The molecule has 0 spiro atoms. The van der Waals surface area contributed by atoms with Gasteiger partial charge in [-0.2, -0.15) is 4.98 Å². The molecule has 22 heavy (non-hydrogen) atoms. The van der Waals surface area contributed by atoms with Gasteiger partial charge in [-0.1, -0.05) is 6.07 Å². The number of nitrogens with zero attached hydrogens (tertiary/aromatic N) is 2. The molecule has 0 radical (unpaired) electrons. The van der Waals surface area contributed by atoms with Gasteiger partial charge in [0.05, 0.1) is 5.39 Å². The van der Waals surface area contributed by atoms with E-state index < -0.39 is 0 Å². The minimum Gasteiger partial charge on any atom is -0.438 e. The van der Waals surface area contributed by atoms with Gasteiger partial charge in [-0.3, -0.25) is 0 Å². The number of hydrogen-bond donors (Lipinski definition) is 0. The lowest BCUT2D eigenvalue weighted by Gasteiger charge is -2.12. The Bertz CT molecular complexity index is 859. The summed E-state index contributed by atoms with van der Waals surface area (Å²) >= 11 is 1.74. The van der Waals surface area contributed by atoms with Crippen molar-refractivity contribution in [1.29, 1.82) is 0 Å². The Labute approximate surface area is 131 Å². The van der Waals surface area contributed by atoms with Crippen LogP contribution >= 0.6 is 11.3 Å². The minimum atomic E-state index is -0.313. The highest BCUT2D eigenvalue weighted by molar-refractivity contribution is 7.18. The molecule has 5 heteroatoms. The molecule has 0 saturated carbocycles. The number of benzene rings is 1. The van der Waals surface area contributed by atoms with Crippen LogP contribution in [0.3, 0.4) is 0 Å². The molecule has 0 bridgehead atoms. The van der Waals surface area contributed by atoms with Gasteiger partial charge in [0.25, 0.3) is 0 Å². The third-order valence-electron chi connectivity index (χ3n) is 3.90. The molecule has 0 unspecified atom stereocenters. The van der Waals surface area contributed by atoms with Gasteiger partial charge in [0.1, 0.15) is 22.2 Å². The Hall–Kier alpha value is -2.01. The molecule has 2 heterocycles. The maximum absolute atomic E-state index is 13.4. The fraction of sp³-hybridized carbons (Fsp3) is 0.294. The van der Waals surface area contributed by atoms with Crippen LogP contribution in [0, 0.1) is 12.7 Å². The molecule has 2 aromatic heterocycles. The lowest BCUT2D eigenvalue weighted by Crippen LogP contribution is -2.00. The van der Waals surface area contributed by atoms with Crippen LogP contribution in [0.2, 0.25) is 0 Å². The lowest BCUT2D eigenvalue weighted by atomic mass is 9.97. The van der Waals surface area contributed by atoms with Crippen molar-refractivity contribution in [2.75, 3.05) is 0 Å². The number of rotatable bonds is 2. The topological polar surface area (TPSA) is 35.0 Å². The molecule has 4 rings (SSSR count). The molecule has 0 aliphatic heterocycles. The summed E-state index contributed by atoms with van der Waals surface area (Å²) in [6.07, 6.45) is 4.56. The van der Waals surface area contributed by atoms with E-state index in [1.54, 1.807) is 23.5 Å². The van der Waals surface area contributed by atoms with Gasteiger partial charge < -0.3 is 4.74 Å². The summed E-state index contributed by atoms with van der Waals surface area (Å²) in [5.41, 5.74) is 1.32. The first-order valence-electron chi connectivity index (χ1n) is 7.43. The first-order valence-corrected chi connectivity index (χ1v) is 8.24. The normalized spacial score (nSPS) is 14.1. The first kappa shape index (κ1) is 13.6. The third kappa shape index (κ3) is 2.35. The van der Waals surface area contributed by atoms with Crippen LogP contribution in [0.4, 0.5) is 4.39 Å². The Balaban J connectivity index is 1.87. The highest BCUT2D eigenvalue weighted by Crippen LogP contribution is 2.40. The van der Waals surface area contributed by atoms with Gasteiger partial charge in [0.2, 0.25) is 5.88 Å². The highest BCUT2D eigenvalue weighted by atomic mass is 32.1. The van der Waals surface area contributed by atoms with Crippen LogP contribution < -0.4 is 4.74 Å². The van der Waals surface area contributed by atoms with Crippen LogP contribution in [0.1, 0.15) is 29.1 Å². The SMILES string of the molecule is Cc1nc(Oc2cccc(F)c2)c2c3c(sc2n1)CCCC3. The summed E-state index contributed by atoms with van der Waals surface area (Å²) in [6, 6.07) is 6.16. The Kier molecular flexibility index (Phi) is 3.30. The number of aryl methyl sites for hydroxylation is 3. The van der Waals surface area contributed by atoms with Gasteiger partial charge in [-0.15, -0.1) is 11.3 Å². The molecule has 1 aliphatic carbocycles. The van der Waals surface area contributed by atoms with Crippen molar-refractivity contribution in [3.8, 4) is 11.6 Å². The summed E-state index contributed by atoms with van der Waals surface area (Å²) in [5.74, 6) is 1.38. The molecule has 1 aliphatic rings. The van der Waals surface area contributed by atoms with E-state index >= 15 is 0 Å². The van der Waals surface area contributed by atoms with Crippen LogP contribution in [-0.2, 0) is 12.8 Å². The number of hydrogen-bond acceptors (Lipinski definition) is 4. The number of ether oxygens (including phenoxy) is 1. The highest BCUT2D eigenvalue weighted by Gasteiger charge is 2.21. The van der Waals surface area contributed by atoms with Crippen molar-refractivity contribution in [3.63, 3.8) is 0 Å². The van der Waals surface area contributed by atoms with Crippen molar-refractivity contribution in [1.82, 2.24) is 9.97 Å². The molecule has 0 saturated heterocycles. The number of aromatic nitrogens is 2. The third-order valence-corrected chi connectivity index (χ3v) is 5.09. The molecule has 112 valence electrons. The Morgan fingerprint density at radius 2 is 2.05 bits per heavy atom. The monoisotopic (exact) mass is 314 g/mol. The van der Waals surface area contributed by atoms with Gasteiger partial charge in [-0.05, 0) is 50.3 Å². The molecule has 1 aromatic carbocycles. The van der Waals surface area contributed by atoms with E-state index in [1.807, 2.05) is 6.92 Å². The van der Waals surface area contributed by atoms with Gasteiger partial charge in [0, 0.05) is 10.9 Å². The smallest absolute Gasteiger partial charge is 0.231 e. The average Bonchev–Trinajstić information content (AvgIpc) is 2.85. The van der Waals surface area contributed by atoms with Crippen molar-refractivity contribution in [2.45, 2.75) is 32.6 Å². The fourth-order valence-corrected chi connectivity index (χ4v) is 4.24. The summed E-state index contributed by atoms with van der Waals surface area (Å²) in [4.78, 5) is 11.4. The lowest BCUT2D eigenvalue weighted by molar-refractivity contribution is 0.461. The zero-order valence-corrected chi connectivity index (χ0v) is 13.0. The quantitative estimate of drug-likeness (QED) is 0.681. The summed E-state index contributed by atoms with van der Waals surface area (Å²) in [7, 11) is 0. The molecule has 0 atom stereocenters. The van der Waals surface area contributed by atoms with E-state index in [1.165, 1.54) is 35.4 Å².